The van der Waals surface area contributed by atoms with E-state index in [9.17, 15) is 48.7 Å². The molecule has 268 valence electrons. The fraction of sp³-hybridized carbons (Fsp3) is 0.286. The fourth-order valence-corrected chi connectivity index (χ4v) is 5.18. The molecule has 0 atom stereocenters. The van der Waals surface area contributed by atoms with Crippen molar-refractivity contribution < 1.29 is 62.9 Å². The molecule has 0 saturated carbocycles. The Hall–Kier alpha value is -4.95. The second kappa shape index (κ2) is 15.3. The molecule has 0 aliphatic carbocycles. The van der Waals surface area contributed by atoms with Crippen molar-refractivity contribution in [1.29, 1.82) is 0 Å². The van der Waals surface area contributed by atoms with Crippen LogP contribution in [0, 0.1) is 5.82 Å². The second-order valence-corrected chi connectivity index (χ2v) is 11.1. The molecule has 0 spiro atoms. The Bertz CT molecular complexity index is 1690. The summed E-state index contributed by atoms with van der Waals surface area (Å²) in [5.74, 6) is -4.03. The molecule has 5 nitrogen and oxygen atoms in total. The third-order valence-corrected chi connectivity index (χ3v) is 7.39. The third kappa shape index (κ3) is 10.3. The first-order valence-corrected chi connectivity index (χ1v) is 15.0. The van der Waals surface area contributed by atoms with Gasteiger partial charge in [-0.1, -0.05) is 56.2 Å². The van der Waals surface area contributed by atoms with E-state index in [-0.39, 0.29) is 23.6 Å². The quantitative estimate of drug-likeness (QED) is 0.111. The molecule has 4 rings (SSSR count). The van der Waals surface area contributed by atoms with Gasteiger partial charge in [0.25, 0.3) is 5.91 Å². The summed E-state index contributed by atoms with van der Waals surface area (Å²) in [7, 11) is 0. The van der Waals surface area contributed by atoms with E-state index in [4.69, 9.17) is 4.74 Å². The van der Waals surface area contributed by atoms with Crippen LogP contribution in [0.25, 0.3) is 0 Å². The van der Waals surface area contributed by atoms with E-state index >= 15 is 0 Å². The van der Waals surface area contributed by atoms with Crippen molar-refractivity contribution >= 4 is 5.91 Å². The smallest absolute Gasteiger partial charge is 0.494 e. The predicted octanol–water partition coefficient (Wildman–Crippen LogP) is 10.1. The highest BCUT2D eigenvalue weighted by Crippen LogP contribution is 2.39. The molecule has 0 unspecified atom stereocenters. The number of unbranched alkanes of at least 4 members (excludes halogenated alkanes) is 2. The zero-order chi connectivity index (χ0) is 36.7. The van der Waals surface area contributed by atoms with Crippen molar-refractivity contribution in [3.05, 3.63) is 125 Å². The van der Waals surface area contributed by atoms with Crippen LogP contribution in [-0.2, 0) is 18.1 Å². The summed E-state index contributed by atoms with van der Waals surface area (Å²) >= 11 is 0. The SMILES string of the molecule is CCCCCOc1ccc(CC(NC(=O)c2ccc(F)c(C(F)(F)F)c2)(c2cccc(OC(F)(F)F)c2)c2cccc(OC(F)(F)F)c2)cc1. The summed E-state index contributed by atoms with van der Waals surface area (Å²) in [5.41, 5.74) is -4.56. The zero-order valence-corrected chi connectivity index (χ0v) is 26.1. The number of benzene rings is 4. The van der Waals surface area contributed by atoms with Gasteiger partial charge in [-0.05, 0) is 77.7 Å². The van der Waals surface area contributed by atoms with Gasteiger partial charge in [0.2, 0.25) is 0 Å². The van der Waals surface area contributed by atoms with Gasteiger partial charge in [-0.25, -0.2) is 4.39 Å². The average Bonchev–Trinajstić information content (AvgIpc) is 3.02. The molecule has 0 aliphatic rings. The van der Waals surface area contributed by atoms with Crippen LogP contribution in [0.2, 0.25) is 0 Å². The number of nitrogens with one attached hydrogen (secondary N) is 1. The summed E-state index contributed by atoms with van der Waals surface area (Å²) in [4.78, 5) is 13.8. The third-order valence-electron chi connectivity index (χ3n) is 7.39. The lowest BCUT2D eigenvalue weighted by Crippen LogP contribution is -2.48. The molecule has 15 heteroatoms. The molecular weight excluding hydrogens is 688 g/mol. The molecule has 1 N–H and O–H groups in total. The first-order chi connectivity index (χ1) is 23.4. The molecule has 0 saturated heterocycles. The normalized spacial score (nSPS) is 12.4. The standard InChI is InChI=1S/C35H29F10NO4/c1-2-3-4-17-48-26-14-11-22(12-15-26)21-32(24-7-5-9-27(19-24)49-34(40,41)42,25-8-6-10-28(20-25)50-35(43,44)45)46-31(47)23-13-16-30(36)29(18-23)33(37,38)39/h5-16,18-20H,2-4,17,21H2,1H3,(H,46,47). The van der Waals surface area contributed by atoms with Gasteiger partial charge in [0, 0.05) is 12.0 Å². The van der Waals surface area contributed by atoms with Gasteiger partial charge >= 0.3 is 18.9 Å². The summed E-state index contributed by atoms with van der Waals surface area (Å²) in [6.07, 6.45) is -13.3. The minimum atomic E-state index is -5.20. The van der Waals surface area contributed by atoms with Gasteiger partial charge in [0.05, 0.1) is 17.7 Å². The molecule has 0 fully saturated rings. The first-order valence-electron chi connectivity index (χ1n) is 15.0. The highest BCUT2D eigenvalue weighted by atomic mass is 19.4. The van der Waals surface area contributed by atoms with Crippen molar-refractivity contribution in [2.24, 2.45) is 0 Å². The fourth-order valence-electron chi connectivity index (χ4n) is 5.18. The second-order valence-electron chi connectivity index (χ2n) is 11.1. The minimum absolute atomic E-state index is 0.171. The van der Waals surface area contributed by atoms with E-state index in [1.807, 2.05) is 6.92 Å². The highest BCUT2D eigenvalue weighted by molar-refractivity contribution is 5.95. The Balaban J connectivity index is 1.92. The maximum Gasteiger partial charge on any atom is 0.573 e. The topological polar surface area (TPSA) is 56.8 Å². The van der Waals surface area contributed by atoms with Crippen molar-refractivity contribution in [3.63, 3.8) is 0 Å². The number of hydrogen-bond donors (Lipinski definition) is 1. The van der Waals surface area contributed by atoms with Crippen molar-refractivity contribution in [1.82, 2.24) is 5.32 Å². The van der Waals surface area contributed by atoms with Crippen LogP contribution < -0.4 is 19.5 Å². The van der Waals surface area contributed by atoms with Gasteiger partial charge in [0.15, 0.2) is 0 Å². The molecule has 0 bridgehead atoms. The maximum atomic E-state index is 14.1. The largest absolute Gasteiger partial charge is 0.573 e. The van der Waals surface area contributed by atoms with Crippen molar-refractivity contribution in [2.45, 2.75) is 57.0 Å². The summed E-state index contributed by atoms with van der Waals surface area (Å²) < 4.78 is 148. The molecule has 0 heterocycles. The van der Waals surface area contributed by atoms with Crippen molar-refractivity contribution in [3.8, 4) is 17.2 Å². The summed E-state index contributed by atoms with van der Waals surface area (Å²) in [6, 6.07) is 16.0. The van der Waals surface area contributed by atoms with Crippen LogP contribution >= 0.6 is 0 Å². The lowest BCUT2D eigenvalue weighted by molar-refractivity contribution is -0.275. The molecular formula is C35H29F10NO4. The molecule has 0 aliphatic heterocycles. The molecule has 0 radical (unpaired) electrons. The number of halogens is 10. The minimum Gasteiger partial charge on any atom is -0.494 e. The molecule has 4 aromatic carbocycles. The number of carbonyl (C=O) groups is 1. The van der Waals surface area contributed by atoms with E-state index in [0.717, 1.165) is 61.7 Å². The maximum absolute atomic E-state index is 14.1. The summed E-state index contributed by atoms with van der Waals surface area (Å²) in [6.45, 7) is 2.42. The number of carbonyl (C=O) groups excluding carboxylic acids is 1. The first kappa shape index (κ1) is 37.9. The number of rotatable bonds is 13. The Labute approximate surface area is 279 Å². The van der Waals surface area contributed by atoms with Gasteiger partial charge in [0.1, 0.15) is 23.1 Å². The lowest BCUT2D eigenvalue weighted by Gasteiger charge is -2.37. The number of hydrogen-bond acceptors (Lipinski definition) is 4. The van der Waals surface area contributed by atoms with E-state index < -0.39 is 58.8 Å². The van der Waals surface area contributed by atoms with Crippen LogP contribution in [0.1, 0.15) is 58.8 Å². The Kier molecular flexibility index (Phi) is 11.6. The van der Waals surface area contributed by atoms with Gasteiger partial charge in [-0.15, -0.1) is 26.3 Å². The van der Waals surface area contributed by atoms with Crippen LogP contribution in [0.3, 0.4) is 0 Å². The molecule has 1 amide bonds. The number of amides is 1. The molecule has 0 aromatic heterocycles. The Morgan fingerprint density at radius 2 is 1.24 bits per heavy atom. The van der Waals surface area contributed by atoms with Gasteiger partial charge in [-0.3, -0.25) is 4.79 Å². The van der Waals surface area contributed by atoms with Crippen molar-refractivity contribution in [2.75, 3.05) is 6.61 Å². The van der Waals surface area contributed by atoms with E-state index in [2.05, 4.69) is 14.8 Å². The monoisotopic (exact) mass is 717 g/mol. The molecule has 4 aromatic rings. The van der Waals surface area contributed by atoms with E-state index in [1.54, 1.807) is 24.3 Å². The summed E-state index contributed by atoms with van der Waals surface area (Å²) in [5, 5.41) is 2.54. The van der Waals surface area contributed by atoms with E-state index in [1.165, 1.54) is 12.1 Å². The average molecular weight is 718 g/mol. The van der Waals surface area contributed by atoms with E-state index in [0.29, 0.717) is 24.0 Å². The Morgan fingerprint density at radius 1 is 0.680 bits per heavy atom. The van der Waals surface area contributed by atoms with Crippen LogP contribution in [0.4, 0.5) is 43.9 Å². The predicted molar refractivity (Wildman–Crippen MR) is 161 cm³/mol. The zero-order valence-electron chi connectivity index (χ0n) is 26.1. The number of alkyl halides is 9. The Morgan fingerprint density at radius 3 is 1.74 bits per heavy atom. The van der Waals surface area contributed by atoms with Gasteiger partial charge in [-0.2, -0.15) is 13.2 Å². The number of ether oxygens (including phenoxy) is 3. The van der Waals surface area contributed by atoms with Gasteiger partial charge < -0.3 is 19.5 Å². The molecule has 50 heavy (non-hydrogen) atoms. The van der Waals surface area contributed by atoms with Crippen LogP contribution in [-0.4, -0.2) is 25.2 Å². The lowest BCUT2D eigenvalue weighted by atomic mass is 9.77. The highest BCUT2D eigenvalue weighted by Gasteiger charge is 2.40. The van der Waals surface area contributed by atoms with Crippen LogP contribution in [0.5, 0.6) is 17.2 Å². The van der Waals surface area contributed by atoms with Crippen LogP contribution in [0.15, 0.2) is 91.0 Å².